The summed E-state index contributed by atoms with van der Waals surface area (Å²) in [5, 5.41) is 15.9. The van der Waals surface area contributed by atoms with E-state index >= 15 is 0 Å². The molecule has 98 valence electrons. The molecule has 0 spiro atoms. The molecule has 0 amide bonds. The van der Waals surface area contributed by atoms with E-state index in [2.05, 4.69) is 10.4 Å². The third-order valence-corrected chi connectivity index (χ3v) is 2.52. The van der Waals surface area contributed by atoms with Gasteiger partial charge in [-0.15, -0.1) is 5.10 Å². The van der Waals surface area contributed by atoms with Crippen LogP contribution in [0.1, 0.15) is 12.5 Å². The summed E-state index contributed by atoms with van der Waals surface area (Å²) in [7, 11) is 0. The minimum Gasteiger partial charge on any atom is -0.382 e. The molecule has 0 aliphatic carbocycles. The molecule has 0 saturated carbocycles. The predicted molar refractivity (Wildman–Crippen MR) is 66.8 cm³/mol. The molecule has 3 N–H and O–H groups in total. The second kappa shape index (κ2) is 4.94. The predicted octanol–water partition coefficient (Wildman–Crippen LogP) is 2.04. The lowest BCUT2D eigenvalue weighted by atomic mass is 10.3. The Morgan fingerprint density at radius 3 is 2.79 bits per heavy atom. The van der Waals surface area contributed by atoms with Gasteiger partial charge in [0.15, 0.2) is 11.6 Å². The van der Waals surface area contributed by atoms with E-state index in [1.54, 1.807) is 0 Å². The minimum absolute atomic E-state index is 0.00366. The molecule has 0 aliphatic heterocycles. The highest BCUT2D eigenvalue weighted by molar-refractivity contribution is 5.66. The Kier molecular flexibility index (Phi) is 3.33. The Hall–Kier alpha value is -2.62. The third kappa shape index (κ3) is 2.20. The van der Waals surface area contributed by atoms with Crippen molar-refractivity contribution < 1.29 is 8.78 Å². The summed E-state index contributed by atoms with van der Waals surface area (Å²) in [5.41, 5.74) is 5.88. The monoisotopic (exact) mass is 263 g/mol. The number of nitriles is 1. The Labute approximate surface area is 108 Å². The fourth-order valence-electron chi connectivity index (χ4n) is 1.67. The third-order valence-electron chi connectivity index (χ3n) is 2.52. The normalized spacial score (nSPS) is 10.2. The van der Waals surface area contributed by atoms with Crippen LogP contribution in [0.15, 0.2) is 18.2 Å². The highest BCUT2D eigenvalue weighted by Gasteiger charge is 2.18. The maximum atomic E-state index is 13.7. The maximum Gasteiger partial charge on any atom is 0.168 e. The second-order valence-corrected chi connectivity index (χ2v) is 3.76. The average Bonchev–Trinajstić information content (AvgIpc) is 2.66. The fraction of sp³-hybridized carbons (Fsp3) is 0.167. The number of benzene rings is 1. The van der Waals surface area contributed by atoms with E-state index in [0.717, 1.165) is 16.8 Å². The molecule has 2 rings (SSSR count). The van der Waals surface area contributed by atoms with Crippen molar-refractivity contribution in [2.24, 2.45) is 0 Å². The van der Waals surface area contributed by atoms with Gasteiger partial charge < -0.3 is 11.1 Å². The van der Waals surface area contributed by atoms with Gasteiger partial charge in [0.1, 0.15) is 29.0 Å². The first-order chi connectivity index (χ1) is 9.08. The molecule has 1 aromatic heterocycles. The van der Waals surface area contributed by atoms with Crippen LogP contribution in [0.25, 0.3) is 5.69 Å². The van der Waals surface area contributed by atoms with Crippen LogP contribution in [0.2, 0.25) is 0 Å². The molecule has 7 heteroatoms. The zero-order valence-electron chi connectivity index (χ0n) is 10.1. The molecule has 5 nitrogen and oxygen atoms in total. The quantitative estimate of drug-likeness (QED) is 0.888. The van der Waals surface area contributed by atoms with Crippen LogP contribution >= 0.6 is 0 Å². The molecule has 0 unspecified atom stereocenters. The van der Waals surface area contributed by atoms with Crippen LogP contribution in [-0.2, 0) is 0 Å². The van der Waals surface area contributed by atoms with E-state index in [1.165, 1.54) is 6.07 Å². The number of nitrogens with one attached hydrogen (secondary N) is 1. The Morgan fingerprint density at radius 1 is 1.47 bits per heavy atom. The van der Waals surface area contributed by atoms with Gasteiger partial charge in [-0.05, 0) is 19.1 Å². The Bertz CT molecular complexity index is 657. The van der Waals surface area contributed by atoms with Crippen molar-refractivity contribution in [1.82, 2.24) is 9.78 Å². The van der Waals surface area contributed by atoms with E-state index in [0.29, 0.717) is 6.54 Å². The highest BCUT2D eigenvalue weighted by Crippen LogP contribution is 2.25. The number of anilines is 2. The van der Waals surface area contributed by atoms with Gasteiger partial charge in [-0.25, -0.2) is 13.5 Å². The number of nitrogen functional groups attached to an aromatic ring is 1. The van der Waals surface area contributed by atoms with Crippen LogP contribution in [0.5, 0.6) is 0 Å². The first kappa shape index (κ1) is 12.8. The number of hydrogen-bond acceptors (Lipinski definition) is 4. The number of rotatable bonds is 3. The van der Waals surface area contributed by atoms with Crippen molar-refractivity contribution in [3.63, 3.8) is 0 Å². The largest absolute Gasteiger partial charge is 0.382 e. The first-order valence-electron chi connectivity index (χ1n) is 5.56. The number of nitrogens with zero attached hydrogens (tertiary/aromatic N) is 3. The molecular weight excluding hydrogens is 252 g/mol. The smallest absolute Gasteiger partial charge is 0.168 e. The number of aromatic nitrogens is 2. The molecule has 0 radical (unpaired) electrons. The average molecular weight is 263 g/mol. The number of halogens is 2. The lowest BCUT2D eigenvalue weighted by molar-refractivity contribution is 0.574. The van der Waals surface area contributed by atoms with Gasteiger partial charge in [-0.1, -0.05) is 0 Å². The van der Waals surface area contributed by atoms with Gasteiger partial charge in [0.05, 0.1) is 0 Å². The Balaban J connectivity index is 2.60. The van der Waals surface area contributed by atoms with Crippen molar-refractivity contribution in [3.8, 4) is 11.8 Å². The van der Waals surface area contributed by atoms with Crippen molar-refractivity contribution in [2.45, 2.75) is 6.92 Å². The van der Waals surface area contributed by atoms with E-state index in [9.17, 15) is 8.78 Å². The lowest BCUT2D eigenvalue weighted by Gasteiger charge is -2.05. The number of hydrogen-bond donors (Lipinski definition) is 2. The fourth-order valence-corrected chi connectivity index (χ4v) is 1.67. The van der Waals surface area contributed by atoms with E-state index in [1.807, 2.05) is 13.0 Å². The molecule has 0 fully saturated rings. The topological polar surface area (TPSA) is 79.7 Å². The molecule has 0 atom stereocenters. The van der Waals surface area contributed by atoms with Crippen LogP contribution in [0, 0.1) is 23.0 Å². The molecule has 0 aliphatic rings. The number of nitrogens with two attached hydrogens (primary N) is 1. The molecular formula is C12H11F2N5. The molecule has 2 aromatic rings. The summed E-state index contributed by atoms with van der Waals surface area (Å²) in [5.74, 6) is -1.23. The van der Waals surface area contributed by atoms with Gasteiger partial charge in [0.25, 0.3) is 0 Å². The van der Waals surface area contributed by atoms with Crippen molar-refractivity contribution in [2.75, 3.05) is 17.6 Å². The van der Waals surface area contributed by atoms with Crippen LogP contribution in [0.3, 0.4) is 0 Å². The van der Waals surface area contributed by atoms with Crippen LogP contribution in [0.4, 0.5) is 20.4 Å². The van der Waals surface area contributed by atoms with E-state index < -0.39 is 11.6 Å². The summed E-state index contributed by atoms with van der Waals surface area (Å²) in [4.78, 5) is 0. The summed E-state index contributed by atoms with van der Waals surface area (Å²) in [6.45, 7) is 2.37. The summed E-state index contributed by atoms with van der Waals surface area (Å²) in [6.07, 6.45) is 0. The Morgan fingerprint density at radius 2 is 2.21 bits per heavy atom. The second-order valence-electron chi connectivity index (χ2n) is 3.76. The molecule has 0 saturated heterocycles. The molecule has 0 bridgehead atoms. The van der Waals surface area contributed by atoms with Crippen LogP contribution < -0.4 is 11.1 Å². The molecule has 19 heavy (non-hydrogen) atoms. The lowest BCUT2D eigenvalue weighted by Crippen LogP contribution is -2.05. The van der Waals surface area contributed by atoms with Gasteiger partial charge in [-0.3, -0.25) is 0 Å². The minimum atomic E-state index is -0.804. The first-order valence-corrected chi connectivity index (χ1v) is 5.56. The van der Waals surface area contributed by atoms with Crippen molar-refractivity contribution >= 4 is 11.6 Å². The zero-order chi connectivity index (χ0) is 14.0. The molecule has 1 aromatic carbocycles. The SMILES string of the molecule is CCNc1nn(-c2ccc(F)cc2F)c(N)c1C#N. The summed E-state index contributed by atoms with van der Waals surface area (Å²) >= 11 is 0. The van der Waals surface area contributed by atoms with Crippen molar-refractivity contribution in [3.05, 3.63) is 35.4 Å². The summed E-state index contributed by atoms with van der Waals surface area (Å²) < 4.78 is 27.6. The van der Waals surface area contributed by atoms with Crippen LogP contribution in [-0.4, -0.2) is 16.3 Å². The van der Waals surface area contributed by atoms with Gasteiger partial charge in [0, 0.05) is 12.6 Å². The standard InChI is InChI=1S/C12H11F2N5/c1-2-17-12-8(6-15)11(16)19(18-12)10-4-3-7(13)5-9(10)14/h3-5H,2,16H2,1H3,(H,17,18). The van der Waals surface area contributed by atoms with E-state index in [-0.39, 0.29) is 22.9 Å². The zero-order valence-corrected chi connectivity index (χ0v) is 10.1. The van der Waals surface area contributed by atoms with Gasteiger partial charge >= 0.3 is 0 Å². The van der Waals surface area contributed by atoms with E-state index in [4.69, 9.17) is 11.0 Å². The molecule has 1 heterocycles. The van der Waals surface area contributed by atoms with Crippen molar-refractivity contribution in [1.29, 1.82) is 5.26 Å². The highest BCUT2D eigenvalue weighted by atomic mass is 19.1. The maximum absolute atomic E-state index is 13.7. The van der Waals surface area contributed by atoms with Gasteiger partial charge in [-0.2, -0.15) is 5.26 Å². The van der Waals surface area contributed by atoms with Gasteiger partial charge in [0.2, 0.25) is 0 Å². The summed E-state index contributed by atoms with van der Waals surface area (Å²) in [6, 6.07) is 4.94.